The molecule has 0 fully saturated rings. The average Bonchev–Trinajstić information content (AvgIpc) is 2.97. The number of aromatic nitrogens is 1. The summed E-state index contributed by atoms with van der Waals surface area (Å²) in [7, 11) is 1.52. The largest absolute Gasteiger partial charge is 0.358 e. The molecule has 0 aliphatic carbocycles. The minimum Gasteiger partial charge on any atom is -0.358 e. The number of fused-ring (bicyclic) bond motifs is 1. The first-order valence-electron chi connectivity index (χ1n) is 7.16. The number of carbonyl (C=O) groups is 2. The highest BCUT2D eigenvalue weighted by Gasteiger charge is 2.18. The predicted octanol–water partition coefficient (Wildman–Crippen LogP) is 2.69. The van der Waals surface area contributed by atoms with Crippen LogP contribution in [0.15, 0.2) is 17.2 Å². The van der Waals surface area contributed by atoms with Crippen molar-refractivity contribution in [3.05, 3.63) is 22.2 Å². The molecule has 6 nitrogen and oxygen atoms in total. The quantitative estimate of drug-likeness (QED) is 0.388. The molecule has 0 bridgehead atoms. The highest BCUT2D eigenvalue weighted by Crippen LogP contribution is 2.32. The Morgan fingerprint density at radius 1 is 1.52 bits per heavy atom. The molecule has 0 radical (unpaired) electrons. The lowest BCUT2D eigenvalue weighted by Crippen LogP contribution is -2.34. The minimum atomic E-state index is -0.281. The zero-order valence-electron chi connectivity index (χ0n) is 13.5. The number of nitrogens with zero attached hydrogens (tertiary/aromatic N) is 3. The van der Waals surface area contributed by atoms with Crippen LogP contribution in [0, 0.1) is 12.8 Å². The Hall–Kier alpha value is -1.86. The van der Waals surface area contributed by atoms with Gasteiger partial charge in [0.1, 0.15) is 12.4 Å². The summed E-state index contributed by atoms with van der Waals surface area (Å²) in [5.41, 5.74) is 1.96. The lowest BCUT2D eigenvalue weighted by molar-refractivity contribution is -0.127. The predicted molar refractivity (Wildman–Crippen MR) is 94.1 cm³/mol. The monoisotopic (exact) mass is 354 g/mol. The SMILES string of the molecule is CNC(=O)CN(C=O)/N=C(/C(C)C)n1c(C)cc2sc(Cl)cc21. The van der Waals surface area contributed by atoms with E-state index in [2.05, 4.69) is 10.4 Å². The Morgan fingerprint density at radius 3 is 2.78 bits per heavy atom. The Labute approximate surface area is 143 Å². The molecule has 0 aliphatic heterocycles. The van der Waals surface area contributed by atoms with Crippen molar-refractivity contribution in [3.8, 4) is 0 Å². The van der Waals surface area contributed by atoms with E-state index >= 15 is 0 Å². The Morgan fingerprint density at radius 2 is 2.22 bits per heavy atom. The van der Waals surface area contributed by atoms with Crippen molar-refractivity contribution in [2.75, 3.05) is 13.6 Å². The van der Waals surface area contributed by atoms with Crippen LogP contribution in [0.4, 0.5) is 0 Å². The standard InChI is InChI=1S/C15H19ClN4O2S/c1-9(2)15(18-19(8-21)7-14(22)17-4)20-10(3)5-12-11(20)6-13(16)23-12/h5-6,8-9H,7H2,1-4H3,(H,17,22)/b18-15-. The number of amides is 2. The number of likely N-dealkylation sites (N-methyl/N-ethyl adjacent to an activating group) is 1. The second kappa shape index (κ2) is 7.14. The number of hydrogen-bond acceptors (Lipinski definition) is 4. The third kappa shape index (κ3) is 3.73. The van der Waals surface area contributed by atoms with E-state index in [0.717, 1.165) is 20.9 Å². The van der Waals surface area contributed by atoms with Gasteiger partial charge in [0, 0.05) is 18.7 Å². The highest BCUT2D eigenvalue weighted by molar-refractivity contribution is 7.22. The van der Waals surface area contributed by atoms with Gasteiger partial charge in [-0.25, -0.2) is 5.01 Å². The number of thiophene rings is 1. The second-order valence-electron chi connectivity index (χ2n) is 5.41. The van der Waals surface area contributed by atoms with Crippen molar-refractivity contribution < 1.29 is 9.59 Å². The molecule has 2 rings (SSSR count). The first-order chi connectivity index (χ1) is 10.9. The molecular formula is C15H19ClN4O2S. The maximum atomic E-state index is 11.5. The molecule has 2 aromatic rings. The van der Waals surface area contributed by atoms with E-state index in [-0.39, 0.29) is 18.4 Å². The Bertz CT molecular complexity index is 763. The Kier molecular flexibility index (Phi) is 5.43. The molecule has 2 aromatic heterocycles. The van der Waals surface area contributed by atoms with Crippen LogP contribution in [0.25, 0.3) is 10.2 Å². The molecule has 0 saturated heterocycles. The van der Waals surface area contributed by atoms with Gasteiger partial charge in [-0.2, -0.15) is 5.10 Å². The van der Waals surface area contributed by atoms with Crippen LogP contribution in [0.1, 0.15) is 19.5 Å². The van der Waals surface area contributed by atoms with Crippen LogP contribution in [-0.4, -0.2) is 41.3 Å². The second-order valence-corrected chi connectivity index (χ2v) is 7.13. The zero-order valence-corrected chi connectivity index (χ0v) is 15.0. The van der Waals surface area contributed by atoms with Crippen LogP contribution in [-0.2, 0) is 9.59 Å². The third-order valence-electron chi connectivity index (χ3n) is 3.33. The summed E-state index contributed by atoms with van der Waals surface area (Å²) < 4.78 is 3.73. The van der Waals surface area contributed by atoms with Crippen LogP contribution < -0.4 is 5.32 Å². The first-order valence-corrected chi connectivity index (χ1v) is 8.35. The number of nitrogens with one attached hydrogen (secondary N) is 1. The highest BCUT2D eigenvalue weighted by atomic mass is 35.5. The molecule has 0 spiro atoms. The van der Waals surface area contributed by atoms with E-state index in [9.17, 15) is 9.59 Å². The van der Waals surface area contributed by atoms with Gasteiger partial charge in [0.2, 0.25) is 12.3 Å². The molecule has 2 amide bonds. The zero-order chi connectivity index (χ0) is 17.1. The fourth-order valence-electron chi connectivity index (χ4n) is 2.26. The topological polar surface area (TPSA) is 66.7 Å². The van der Waals surface area contributed by atoms with Gasteiger partial charge in [0.25, 0.3) is 0 Å². The number of hydrazone groups is 1. The lowest BCUT2D eigenvalue weighted by Gasteiger charge is -2.18. The number of rotatable bonds is 5. The molecule has 2 heterocycles. The fourth-order valence-corrected chi connectivity index (χ4v) is 3.48. The summed E-state index contributed by atoms with van der Waals surface area (Å²) >= 11 is 7.60. The number of aryl methyl sites for hydroxylation is 1. The van der Waals surface area contributed by atoms with E-state index in [1.165, 1.54) is 18.4 Å². The lowest BCUT2D eigenvalue weighted by atomic mass is 10.2. The van der Waals surface area contributed by atoms with Gasteiger partial charge < -0.3 is 5.32 Å². The summed E-state index contributed by atoms with van der Waals surface area (Å²) in [6, 6.07) is 3.92. The smallest absolute Gasteiger partial charge is 0.241 e. The molecule has 0 unspecified atom stereocenters. The fraction of sp³-hybridized carbons (Fsp3) is 0.400. The van der Waals surface area contributed by atoms with Crippen LogP contribution in [0.5, 0.6) is 0 Å². The van der Waals surface area contributed by atoms with Crippen molar-refractivity contribution in [2.24, 2.45) is 11.0 Å². The summed E-state index contributed by atoms with van der Waals surface area (Å²) in [5, 5.41) is 7.97. The van der Waals surface area contributed by atoms with E-state index in [1.807, 2.05) is 37.5 Å². The normalized spacial score (nSPS) is 12.0. The average molecular weight is 355 g/mol. The van der Waals surface area contributed by atoms with Gasteiger partial charge >= 0.3 is 0 Å². The van der Waals surface area contributed by atoms with E-state index in [1.54, 1.807) is 0 Å². The van der Waals surface area contributed by atoms with Gasteiger partial charge in [-0.05, 0) is 19.1 Å². The maximum Gasteiger partial charge on any atom is 0.241 e. The molecule has 124 valence electrons. The van der Waals surface area contributed by atoms with Crippen LogP contribution in [0.3, 0.4) is 0 Å². The van der Waals surface area contributed by atoms with Gasteiger partial charge in [-0.1, -0.05) is 25.4 Å². The van der Waals surface area contributed by atoms with Crippen molar-refractivity contribution in [3.63, 3.8) is 0 Å². The van der Waals surface area contributed by atoms with Gasteiger partial charge in [-0.3, -0.25) is 14.2 Å². The number of hydrogen-bond donors (Lipinski definition) is 1. The molecule has 0 saturated carbocycles. The molecule has 0 aliphatic rings. The van der Waals surface area contributed by atoms with Crippen LogP contribution >= 0.6 is 22.9 Å². The van der Waals surface area contributed by atoms with Crippen molar-refractivity contribution in [1.29, 1.82) is 0 Å². The molecule has 0 atom stereocenters. The molecular weight excluding hydrogens is 336 g/mol. The summed E-state index contributed by atoms with van der Waals surface area (Å²) in [6.45, 7) is 5.83. The third-order valence-corrected chi connectivity index (χ3v) is 4.53. The first kappa shape index (κ1) is 17.5. The van der Waals surface area contributed by atoms with Gasteiger partial charge in [0.05, 0.1) is 14.6 Å². The van der Waals surface area contributed by atoms with E-state index in [4.69, 9.17) is 11.6 Å². The van der Waals surface area contributed by atoms with Crippen LogP contribution in [0.2, 0.25) is 4.34 Å². The van der Waals surface area contributed by atoms with E-state index in [0.29, 0.717) is 16.6 Å². The number of halogens is 1. The molecule has 1 N–H and O–H groups in total. The Balaban J connectivity index is 2.51. The van der Waals surface area contributed by atoms with E-state index < -0.39 is 0 Å². The summed E-state index contributed by atoms with van der Waals surface area (Å²) in [6.07, 6.45) is 0.550. The van der Waals surface area contributed by atoms with Crippen molar-refractivity contribution in [1.82, 2.24) is 14.9 Å². The van der Waals surface area contributed by atoms with Gasteiger partial charge in [0.15, 0.2) is 0 Å². The van der Waals surface area contributed by atoms with Crippen molar-refractivity contribution >= 4 is 51.3 Å². The molecule has 8 heteroatoms. The summed E-state index contributed by atoms with van der Waals surface area (Å²) in [4.78, 5) is 22.7. The van der Waals surface area contributed by atoms with Gasteiger partial charge in [-0.15, -0.1) is 11.3 Å². The van der Waals surface area contributed by atoms with Crippen molar-refractivity contribution in [2.45, 2.75) is 20.8 Å². The molecule has 0 aromatic carbocycles. The molecule has 23 heavy (non-hydrogen) atoms. The summed E-state index contributed by atoms with van der Waals surface area (Å²) in [5.74, 6) is 0.454. The minimum absolute atomic E-state index is 0.0510. The maximum absolute atomic E-state index is 11.5. The number of carbonyl (C=O) groups excluding carboxylic acids is 2.